The number of rotatable bonds is 10. The van der Waals surface area contributed by atoms with E-state index in [0.717, 1.165) is 57.3 Å². The molecule has 0 spiro atoms. The van der Waals surface area contributed by atoms with Crippen LogP contribution in [0.4, 0.5) is 5.69 Å². The molecule has 3 heterocycles. The molecule has 0 bridgehead atoms. The minimum atomic E-state index is -1.17. The van der Waals surface area contributed by atoms with Gasteiger partial charge in [0.2, 0.25) is 0 Å². The van der Waals surface area contributed by atoms with Gasteiger partial charge in [0.15, 0.2) is 0 Å². The zero-order valence-corrected chi connectivity index (χ0v) is 25.4. The van der Waals surface area contributed by atoms with Crippen LogP contribution >= 0.6 is 0 Å². The lowest BCUT2D eigenvalue weighted by Gasteiger charge is -2.16. The summed E-state index contributed by atoms with van der Waals surface area (Å²) < 4.78 is 8.15. The number of nitrogens with one attached hydrogen (secondary N) is 1. The minimum absolute atomic E-state index is 0.131. The average molecular weight is 564 g/mol. The second kappa shape index (κ2) is 12.2. The topological polar surface area (TPSA) is 81.9 Å². The number of pyridine rings is 1. The number of aromatic nitrogens is 4. The number of amides is 1. The Labute approximate surface area is 242 Å². The highest BCUT2D eigenvalue weighted by Crippen LogP contribution is 2.28. The molecule has 0 atom stereocenters. The lowest BCUT2D eigenvalue weighted by Crippen LogP contribution is -2.22. The van der Waals surface area contributed by atoms with Gasteiger partial charge in [0.25, 0.3) is 5.91 Å². The summed E-state index contributed by atoms with van der Waals surface area (Å²) in [5.41, 5.74) is 8.15. The lowest BCUT2D eigenvalue weighted by molar-refractivity contribution is 0.0902. The molecule has 0 radical (unpaired) electrons. The molecule has 0 unspecified atom stereocenters. The Morgan fingerprint density at radius 2 is 1.85 bits per heavy atom. The van der Waals surface area contributed by atoms with E-state index in [9.17, 15) is 4.79 Å². The van der Waals surface area contributed by atoms with E-state index in [1.807, 2.05) is 80.0 Å². The van der Waals surface area contributed by atoms with E-state index in [-0.39, 0.29) is 5.91 Å². The molecule has 41 heavy (non-hydrogen) atoms. The normalized spacial score (nSPS) is 11.6. The summed E-state index contributed by atoms with van der Waals surface area (Å²) in [6.45, 7) is 12.3. The van der Waals surface area contributed by atoms with E-state index < -0.39 is 8.07 Å². The maximum atomic E-state index is 12.9. The first-order chi connectivity index (χ1) is 19.7. The highest BCUT2D eigenvalue weighted by atomic mass is 28.3. The van der Waals surface area contributed by atoms with Crippen LogP contribution in [0.5, 0.6) is 0 Å². The number of carbonyl (C=O) groups excluding carboxylic acids is 1. The summed E-state index contributed by atoms with van der Waals surface area (Å²) in [7, 11) is -1.17. The number of benzene rings is 2. The Kier molecular flexibility index (Phi) is 8.42. The monoisotopic (exact) mass is 563 g/mol. The highest BCUT2D eigenvalue weighted by molar-refractivity contribution is 6.76. The Hall–Kier alpha value is -4.14. The number of carbonyl (C=O) groups is 1. The molecule has 210 valence electrons. The number of fused-ring (bicyclic) bond motifs is 1. The first-order valence-electron chi connectivity index (χ1n) is 14.0. The van der Waals surface area contributed by atoms with Crippen LogP contribution in [0.2, 0.25) is 25.7 Å². The zero-order valence-electron chi connectivity index (χ0n) is 24.4. The van der Waals surface area contributed by atoms with Gasteiger partial charge in [-0.25, -0.2) is 9.97 Å². The number of hydrogen-bond donors (Lipinski definition) is 1. The van der Waals surface area contributed by atoms with Crippen molar-refractivity contribution in [2.24, 2.45) is 0 Å². The fourth-order valence-corrected chi connectivity index (χ4v) is 5.44. The SMILES string of the molecule is Cc1cccc(C(=O)Nc2ccc(C)c(Cc3nc(-c4cccnc4)c4c(ccn4COCC[Si](C)(C)C)n3)c2)c1. The number of ether oxygens (including phenoxy) is 1. The molecule has 1 N–H and O–H groups in total. The molecule has 0 saturated heterocycles. The Morgan fingerprint density at radius 1 is 1.00 bits per heavy atom. The van der Waals surface area contributed by atoms with Crippen molar-refractivity contribution in [3.8, 4) is 11.3 Å². The van der Waals surface area contributed by atoms with Crippen molar-refractivity contribution in [1.29, 1.82) is 0 Å². The molecule has 0 aliphatic carbocycles. The Bertz CT molecular complexity index is 1670. The summed E-state index contributed by atoms with van der Waals surface area (Å²) in [5.74, 6) is 0.576. The molecular formula is C33H37N5O2Si. The zero-order chi connectivity index (χ0) is 29.0. The smallest absolute Gasteiger partial charge is 0.255 e. The maximum absolute atomic E-state index is 12.9. The van der Waals surface area contributed by atoms with E-state index in [1.54, 1.807) is 6.20 Å². The summed E-state index contributed by atoms with van der Waals surface area (Å²) in [5, 5.41) is 3.04. The molecule has 5 aromatic rings. The van der Waals surface area contributed by atoms with Crippen molar-refractivity contribution in [2.75, 3.05) is 11.9 Å². The third kappa shape index (κ3) is 7.14. The van der Waals surface area contributed by atoms with E-state index in [2.05, 4.69) is 41.4 Å². The quantitative estimate of drug-likeness (QED) is 0.143. The average Bonchev–Trinajstić information content (AvgIpc) is 3.35. The van der Waals surface area contributed by atoms with Gasteiger partial charge in [-0.15, -0.1) is 0 Å². The van der Waals surface area contributed by atoms with Gasteiger partial charge >= 0.3 is 0 Å². The van der Waals surface area contributed by atoms with Crippen molar-refractivity contribution in [3.63, 3.8) is 0 Å². The van der Waals surface area contributed by atoms with Crippen molar-refractivity contribution in [2.45, 2.75) is 52.7 Å². The van der Waals surface area contributed by atoms with Gasteiger partial charge in [0.05, 0.1) is 16.7 Å². The molecule has 2 aromatic carbocycles. The fourth-order valence-electron chi connectivity index (χ4n) is 4.69. The van der Waals surface area contributed by atoms with Crippen molar-refractivity contribution in [1.82, 2.24) is 19.5 Å². The van der Waals surface area contributed by atoms with Crippen LogP contribution in [0.15, 0.2) is 79.3 Å². The van der Waals surface area contributed by atoms with Crippen LogP contribution in [-0.2, 0) is 17.9 Å². The molecule has 0 saturated carbocycles. The van der Waals surface area contributed by atoms with Gasteiger partial charge in [-0.1, -0.05) is 43.4 Å². The summed E-state index contributed by atoms with van der Waals surface area (Å²) in [6.07, 6.45) is 6.15. The highest BCUT2D eigenvalue weighted by Gasteiger charge is 2.17. The molecule has 0 aliphatic heterocycles. The van der Waals surface area contributed by atoms with Crippen molar-refractivity contribution in [3.05, 3.63) is 107 Å². The molecule has 3 aromatic heterocycles. The second-order valence-corrected chi connectivity index (χ2v) is 17.4. The molecule has 0 aliphatic rings. The van der Waals surface area contributed by atoms with Crippen LogP contribution < -0.4 is 5.32 Å². The third-order valence-corrected chi connectivity index (χ3v) is 8.76. The van der Waals surface area contributed by atoms with Gasteiger partial charge in [0, 0.05) is 56.5 Å². The lowest BCUT2D eigenvalue weighted by atomic mass is 10.0. The first kappa shape index (κ1) is 28.4. The summed E-state index contributed by atoms with van der Waals surface area (Å²) in [6, 6.07) is 20.6. The standard InChI is InChI=1S/C33H37N5O2Si/c1-23-8-6-9-25(18-23)33(39)35-28-12-11-24(2)27(19-28)20-30-36-29-13-15-38(22-40-16-17-41(3,4)5)32(29)31(37-30)26-10-7-14-34-21-26/h6-15,18-19,21H,16-17,20,22H2,1-5H3,(H,35,39). The van der Waals surface area contributed by atoms with Crippen LogP contribution in [0.25, 0.3) is 22.3 Å². The van der Waals surface area contributed by atoms with Gasteiger partial charge in [-0.3, -0.25) is 9.78 Å². The maximum Gasteiger partial charge on any atom is 0.255 e. The molecule has 8 heteroatoms. The van der Waals surface area contributed by atoms with Gasteiger partial charge in [0.1, 0.15) is 12.6 Å². The second-order valence-electron chi connectivity index (χ2n) is 11.7. The van der Waals surface area contributed by atoms with E-state index in [0.29, 0.717) is 24.5 Å². The van der Waals surface area contributed by atoms with E-state index >= 15 is 0 Å². The summed E-state index contributed by atoms with van der Waals surface area (Å²) in [4.78, 5) is 27.2. The fraction of sp³-hybridized carbons (Fsp3) is 0.273. The van der Waals surface area contributed by atoms with E-state index in [1.165, 1.54) is 0 Å². The number of hydrogen-bond acceptors (Lipinski definition) is 5. The molecular weight excluding hydrogens is 526 g/mol. The van der Waals surface area contributed by atoms with Crippen LogP contribution in [-0.4, -0.2) is 40.1 Å². The first-order valence-corrected chi connectivity index (χ1v) is 17.7. The van der Waals surface area contributed by atoms with Crippen molar-refractivity contribution < 1.29 is 9.53 Å². The van der Waals surface area contributed by atoms with Gasteiger partial charge in [-0.05, 0) is 73.5 Å². The van der Waals surface area contributed by atoms with Crippen LogP contribution in [0.1, 0.15) is 32.9 Å². The minimum Gasteiger partial charge on any atom is -0.361 e. The number of nitrogens with zero attached hydrogens (tertiary/aromatic N) is 4. The van der Waals surface area contributed by atoms with Crippen LogP contribution in [0, 0.1) is 13.8 Å². The molecule has 5 rings (SSSR count). The predicted octanol–water partition coefficient (Wildman–Crippen LogP) is 7.27. The number of aryl methyl sites for hydroxylation is 2. The van der Waals surface area contributed by atoms with Crippen molar-refractivity contribution >= 4 is 30.7 Å². The van der Waals surface area contributed by atoms with E-state index in [4.69, 9.17) is 14.7 Å². The third-order valence-electron chi connectivity index (χ3n) is 7.05. The Balaban J connectivity index is 1.43. The molecule has 1 amide bonds. The number of anilines is 1. The predicted molar refractivity (Wildman–Crippen MR) is 168 cm³/mol. The Morgan fingerprint density at radius 3 is 2.61 bits per heavy atom. The summed E-state index contributed by atoms with van der Waals surface area (Å²) >= 11 is 0. The van der Waals surface area contributed by atoms with Crippen LogP contribution in [0.3, 0.4) is 0 Å². The largest absolute Gasteiger partial charge is 0.361 e. The van der Waals surface area contributed by atoms with Gasteiger partial charge in [-0.2, -0.15) is 0 Å². The molecule has 7 nitrogen and oxygen atoms in total. The molecule has 0 fully saturated rings. The van der Waals surface area contributed by atoms with Gasteiger partial charge < -0.3 is 14.6 Å².